The molecule has 8 nitrogen and oxygen atoms in total. The first kappa shape index (κ1) is 26.9. The van der Waals surface area contributed by atoms with E-state index in [-0.39, 0.29) is 5.91 Å². The zero-order valence-electron chi connectivity index (χ0n) is 22.3. The SMILES string of the molecule is COc1cc(NC(=O)Nc2ccc(N3CCC(C)CC3)c(C(=O)NCCc3ccccc3)c2)cc(OC)c1. The molecule has 38 heavy (non-hydrogen) atoms. The zero-order valence-corrected chi connectivity index (χ0v) is 22.3. The molecule has 1 aliphatic heterocycles. The van der Waals surface area contributed by atoms with E-state index in [4.69, 9.17) is 9.47 Å². The van der Waals surface area contributed by atoms with Gasteiger partial charge < -0.3 is 30.3 Å². The molecule has 0 saturated carbocycles. The van der Waals surface area contributed by atoms with Crippen LogP contribution in [0.3, 0.4) is 0 Å². The molecule has 1 fully saturated rings. The minimum Gasteiger partial charge on any atom is -0.497 e. The molecule has 3 amide bonds. The Kier molecular flexibility index (Phi) is 9.08. The third kappa shape index (κ3) is 7.18. The number of piperidine rings is 1. The van der Waals surface area contributed by atoms with E-state index < -0.39 is 6.03 Å². The highest BCUT2D eigenvalue weighted by Gasteiger charge is 2.22. The fraction of sp³-hybridized carbons (Fsp3) is 0.333. The lowest BCUT2D eigenvalue weighted by Gasteiger charge is -2.33. The van der Waals surface area contributed by atoms with Gasteiger partial charge >= 0.3 is 6.03 Å². The van der Waals surface area contributed by atoms with Crippen molar-refractivity contribution in [3.63, 3.8) is 0 Å². The largest absolute Gasteiger partial charge is 0.497 e. The Balaban J connectivity index is 1.49. The van der Waals surface area contributed by atoms with Crippen molar-refractivity contribution in [1.82, 2.24) is 5.32 Å². The summed E-state index contributed by atoms with van der Waals surface area (Å²) < 4.78 is 10.6. The predicted molar refractivity (Wildman–Crippen MR) is 152 cm³/mol. The number of nitrogens with one attached hydrogen (secondary N) is 3. The van der Waals surface area contributed by atoms with Gasteiger partial charge in [0, 0.05) is 54.9 Å². The molecule has 0 atom stereocenters. The fourth-order valence-electron chi connectivity index (χ4n) is 4.55. The number of rotatable bonds is 9. The van der Waals surface area contributed by atoms with Gasteiger partial charge in [-0.25, -0.2) is 4.79 Å². The van der Waals surface area contributed by atoms with Gasteiger partial charge in [-0.05, 0) is 48.9 Å². The Morgan fingerprint density at radius 2 is 1.53 bits per heavy atom. The minimum atomic E-state index is -0.435. The van der Waals surface area contributed by atoms with Crippen molar-refractivity contribution in [2.24, 2.45) is 5.92 Å². The minimum absolute atomic E-state index is 0.156. The van der Waals surface area contributed by atoms with Gasteiger partial charge in [0.2, 0.25) is 0 Å². The molecule has 0 aromatic heterocycles. The van der Waals surface area contributed by atoms with Crippen molar-refractivity contribution < 1.29 is 19.1 Å². The molecule has 0 aliphatic carbocycles. The standard InChI is InChI=1S/C30H36N4O4/c1-21-12-15-34(16-13-21)28-10-9-23(19-27(28)29(35)31-14-11-22-7-5-4-6-8-22)32-30(36)33-24-17-25(37-2)20-26(18-24)38-3/h4-10,17-21H,11-16H2,1-3H3,(H,31,35)(H2,32,33,36). The van der Waals surface area contributed by atoms with E-state index in [1.165, 1.54) is 5.56 Å². The second kappa shape index (κ2) is 12.9. The topological polar surface area (TPSA) is 91.9 Å². The summed E-state index contributed by atoms with van der Waals surface area (Å²) in [6.07, 6.45) is 2.91. The lowest BCUT2D eigenvalue weighted by molar-refractivity contribution is 0.0954. The fourth-order valence-corrected chi connectivity index (χ4v) is 4.55. The Morgan fingerprint density at radius 3 is 2.18 bits per heavy atom. The number of hydrogen-bond acceptors (Lipinski definition) is 5. The summed E-state index contributed by atoms with van der Waals surface area (Å²) in [5.41, 5.74) is 3.65. The maximum Gasteiger partial charge on any atom is 0.323 e. The Morgan fingerprint density at radius 1 is 0.868 bits per heavy atom. The van der Waals surface area contributed by atoms with Crippen LogP contribution in [0.25, 0.3) is 0 Å². The van der Waals surface area contributed by atoms with Crippen LogP contribution in [0.1, 0.15) is 35.7 Å². The number of anilines is 3. The van der Waals surface area contributed by atoms with E-state index in [0.717, 1.165) is 38.0 Å². The molecule has 0 unspecified atom stereocenters. The van der Waals surface area contributed by atoms with Crippen LogP contribution in [0.5, 0.6) is 11.5 Å². The lowest BCUT2D eigenvalue weighted by Crippen LogP contribution is -2.35. The van der Waals surface area contributed by atoms with Gasteiger partial charge in [0.05, 0.1) is 19.8 Å². The number of amides is 3. The molecule has 0 bridgehead atoms. The maximum absolute atomic E-state index is 13.3. The Hall–Kier alpha value is -4.20. The zero-order chi connectivity index (χ0) is 26.9. The second-order valence-electron chi connectivity index (χ2n) is 9.57. The van der Waals surface area contributed by atoms with Crippen LogP contribution in [0.4, 0.5) is 21.9 Å². The summed E-state index contributed by atoms with van der Waals surface area (Å²) in [6, 6.07) is 20.3. The van der Waals surface area contributed by atoms with Crippen molar-refractivity contribution in [3.05, 3.63) is 77.9 Å². The summed E-state index contributed by atoms with van der Waals surface area (Å²) in [7, 11) is 3.10. The first-order valence-corrected chi connectivity index (χ1v) is 13.0. The van der Waals surface area contributed by atoms with Crippen LogP contribution in [-0.4, -0.2) is 45.8 Å². The van der Waals surface area contributed by atoms with E-state index in [2.05, 4.69) is 27.8 Å². The van der Waals surface area contributed by atoms with Gasteiger partial charge in [-0.3, -0.25) is 4.79 Å². The molecule has 3 aromatic carbocycles. The van der Waals surface area contributed by atoms with Gasteiger partial charge in [0.1, 0.15) is 11.5 Å². The molecular weight excluding hydrogens is 480 g/mol. The van der Waals surface area contributed by atoms with Gasteiger partial charge in [0.15, 0.2) is 0 Å². The number of carbonyl (C=O) groups excluding carboxylic acids is 2. The number of hydrogen-bond donors (Lipinski definition) is 3. The van der Waals surface area contributed by atoms with Crippen LogP contribution < -0.4 is 30.3 Å². The van der Waals surface area contributed by atoms with E-state index in [0.29, 0.717) is 40.9 Å². The number of methoxy groups -OCH3 is 2. The number of urea groups is 1. The van der Waals surface area contributed by atoms with Gasteiger partial charge in [0.25, 0.3) is 5.91 Å². The highest BCUT2D eigenvalue weighted by molar-refractivity contribution is 6.04. The summed E-state index contributed by atoms with van der Waals surface area (Å²) in [5.74, 6) is 1.65. The molecule has 3 N–H and O–H groups in total. The maximum atomic E-state index is 13.3. The van der Waals surface area contributed by atoms with Crippen molar-refractivity contribution in [2.75, 3.05) is 49.4 Å². The molecule has 8 heteroatoms. The first-order chi connectivity index (χ1) is 18.4. The van der Waals surface area contributed by atoms with Crippen molar-refractivity contribution in [2.45, 2.75) is 26.2 Å². The van der Waals surface area contributed by atoms with Crippen molar-refractivity contribution >= 4 is 29.0 Å². The van der Waals surface area contributed by atoms with Gasteiger partial charge in [-0.2, -0.15) is 0 Å². The summed E-state index contributed by atoms with van der Waals surface area (Å²) in [4.78, 5) is 28.4. The smallest absolute Gasteiger partial charge is 0.323 e. The average Bonchev–Trinajstić information content (AvgIpc) is 2.93. The number of carbonyl (C=O) groups is 2. The molecular formula is C30H36N4O4. The molecule has 1 aliphatic rings. The molecule has 3 aromatic rings. The molecule has 1 heterocycles. The average molecular weight is 517 g/mol. The quantitative estimate of drug-likeness (QED) is 0.347. The van der Waals surface area contributed by atoms with Crippen LogP contribution >= 0.6 is 0 Å². The second-order valence-corrected chi connectivity index (χ2v) is 9.57. The highest BCUT2D eigenvalue weighted by atomic mass is 16.5. The molecule has 4 rings (SSSR count). The number of ether oxygens (including phenoxy) is 2. The van der Waals surface area contributed by atoms with Crippen molar-refractivity contribution in [1.29, 1.82) is 0 Å². The van der Waals surface area contributed by atoms with Crippen LogP contribution in [0, 0.1) is 5.92 Å². The summed E-state index contributed by atoms with van der Waals surface area (Å²) in [5, 5.41) is 8.71. The summed E-state index contributed by atoms with van der Waals surface area (Å²) in [6.45, 7) is 4.58. The lowest BCUT2D eigenvalue weighted by atomic mass is 9.97. The van der Waals surface area contributed by atoms with E-state index in [1.54, 1.807) is 38.5 Å². The molecule has 1 saturated heterocycles. The Bertz CT molecular complexity index is 1220. The van der Waals surface area contributed by atoms with E-state index in [1.807, 2.05) is 42.5 Å². The summed E-state index contributed by atoms with van der Waals surface area (Å²) >= 11 is 0. The Labute approximate surface area is 224 Å². The van der Waals surface area contributed by atoms with Crippen molar-refractivity contribution in [3.8, 4) is 11.5 Å². The van der Waals surface area contributed by atoms with Gasteiger partial charge in [-0.1, -0.05) is 37.3 Å². The molecule has 0 spiro atoms. The monoisotopic (exact) mass is 516 g/mol. The predicted octanol–water partition coefficient (Wildman–Crippen LogP) is 5.56. The van der Waals surface area contributed by atoms with Gasteiger partial charge in [-0.15, -0.1) is 0 Å². The van der Waals surface area contributed by atoms with E-state index in [9.17, 15) is 9.59 Å². The third-order valence-corrected chi connectivity index (χ3v) is 6.77. The van der Waals surface area contributed by atoms with Crippen LogP contribution in [0.2, 0.25) is 0 Å². The van der Waals surface area contributed by atoms with Crippen LogP contribution in [0.15, 0.2) is 66.7 Å². The third-order valence-electron chi connectivity index (χ3n) is 6.77. The molecule has 0 radical (unpaired) electrons. The molecule has 200 valence electrons. The number of benzene rings is 3. The van der Waals surface area contributed by atoms with Crippen LogP contribution in [-0.2, 0) is 6.42 Å². The highest BCUT2D eigenvalue weighted by Crippen LogP contribution is 2.29. The normalized spacial score (nSPS) is 13.5. The van der Waals surface area contributed by atoms with E-state index >= 15 is 0 Å². The number of nitrogens with zero attached hydrogens (tertiary/aromatic N) is 1. The first-order valence-electron chi connectivity index (χ1n) is 13.0.